The Morgan fingerprint density at radius 2 is 1.00 bits per heavy atom. The minimum absolute atomic E-state index is 0. The summed E-state index contributed by atoms with van der Waals surface area (Å²) in [5.74, 6) is 6.04. The summed E-state index contributed by atoms with van der Waals surface area (Å²) in [4.78, 5) is 58.1. The number of hydrogen-bond acceptors (Lipinski definition) is 22. The quantitative estimate of drug-likeness (QED) is 0.0801. The van der Waals surface area contributed by atoms with Crippen LogP contribution in [0.4, 0.5) is 0 Å². The average Bonchev–Trinajstić information content (AvgIpc) is 1.54. The molecule has 0 spiro atoms. The van der Waals surface area contributed by atoms with Crippen molar-refractivity contribution in [1.29, 1.82) is 1.34 Å². The van der Waals surface area contributed by atoms with Gasteiger partial charge in [-0.3, -0.25) is 19.4 Å². The number of nitrogens with one attached hydrogen (secondary N) is 2. The van der Waals surface area contributed by atoms with Crippen molar-refractivity contribution in [2.24, 2.45) is 0 Å². The predicted octanol–water partition coefficient (Wildman–Crippen LogP) is 12.5. The molecule has 1 aliphatic carbocycles. The molecule has 0 unspecified atom stereocenters. The van der Waals surface area contributed by atoms with Crippen molar-refractivity contribution in [1.82, 2.24) is 54.9 Å². The predicted molar refractivity (Wildman–Crippen MR) is 390 cm³/mol. The minimum Gasteiger partial charge on any atom is -0.496 e. The van der Waals surface area contributed by atoms with Gasteiger partial charge < -0.3 is 71.6 Å². The summed E-state index contributed by atoms with van der Waals surface area (Å²) in [6.07, 6.45) is 9.11. The Labute approximate surface area is 591 Å². The highest BCUT2D eigenvalue weighted by Crippen LogP contribution is 2.50. The molecular weight excluding hydrogens is 1290 g/mol. The van der Waals surface area contributed by atoms with Crippen molar-refractivity contribution >= 4 is 64.3 Å². The van der Waals surface area contributed by atoms with Gasteiger partial charge in [0.1, 0.15) is 72.4 Å². The van der Waals surface area contributed by atoms with E-state index >= 15 is 0 Å². The van der Waals surface area contributed by atoms with Crippen LogP contribution in [0.3, 0.4) is 0 Å². The number of fused-ring (bicyclic) bond motifs is 8. The molecule has 4 aromatic carbocycles. The lowest BCUT2D eigenvalue weighted by Crippen LogP contribution is -2.50. The Morgan fingerprint density at radius 1 is 0.564 bits per heavy atom. The van der Waals surface area contributed by atoms with Crippen molar-refractivity contribution in [3.05, 3.63) is 88.7 Å². The summed E-state index contributed by atoms with van der Waals surface area (Å²) in [6, 6.07) is 16.7. The number of aromatic amines is 2. The van der Waals surface area contributed by atoms with Gasteiger partial charge in [0.25, 0.3) is 20.4 Å². The number of morpholine rings is 2. The Morgan fingerprint density at radius 3 is 1.45 bits per heavy atom. The van der Waals surface area contributed by atoms with Crippen LogP contribution >= 0.6 is 0 Å². The zero-order valence-electron chi connectivity index (χ0n) is 59.1. The molecule has 4 fully saturated rings. The molecule has 3 N–H and O–H groups in total. The summed E-state index contributed by atoms with van der Waals surface area (Å²) in [7, 11) is 3.54. The highest BCUT2D eigenvalue weighted by atomic mass is 16.6. The molecule has 6 aromatic heterocycles. The van der Waals surface area contributed by atoms with Gasteiger partial charge in [-0.25, -0.2) is 19.9 Å². The van der Waals surface area contributed by atoms with Crippen LogP contribution in [0, 0.1) is 41.5 Å². The molecule has 1 amide bonds. The second-order valence-corrected chi connectivity index (χ2v) is 24.8. The maximum Gasteiger partial charge on any atom is 0.298 e. The van der Waals surface area contributed by atoms with Crippen LogP contribution in [0.1, 0.15) is 119 Å². The number of hydrogen-bond donors (Lipinski definition) is 3. The van der Waals surface area contributed by atoms with Gasteiger partial charge in [0, 0.05) is 96.7 Å². The molecule has 537 valence electrons. The van der Waals surface area contributed by atoms with E-state index in [-0.39, 0.29) is 34.5 Å². The molecule has 16 rings (SSSR count). The van der Waals surface area contributed by atoms with Crippen molar-refractivity contribution in [3.63, 3.8) is 0 Å². The minimum atomic E-state index is -0.0357. The molecule has 3 saturated heterocycles. The lowest BCUT2D eigenvalue weighted by molar-refractivity contribution is -0.120. The van der Waals surface area contributed by atoms with E-state index in [1.54, 1.807) is 20.3 Å². The van der Waals surface area contributed by atoms with E-state index in [2.05, 4.69) is 35.1 Å². The Hall–Kier alpha value is -9.34. The van der Waals surface area contributed by atoms with Gasteiger partial charge in [-0.05, 0) is 116 Å². The van der Waals surface area contributed by atoms with Crippen LogP contribution in [0.25, 0.3) is 88.6 Å². The first-order valence-corrected chi connectivity index (χ1v) is 34.1. The number of likely N-dealkylation sites (tertiary alicyclic amines) is 1. The fourth-order valence-electron chi connectivity index (χ4n) is 14.6. The number of nitrogens with zero attached hydrogens (tertiary/aromatic N) is 9. The first-order valence-electron chi connectivity index (χ1n) is 34.7. The second-order valence-electron chi connectivity index (χ2n) is 24.8. The third kappa shape index (κ3) is 15.0. The van der Waals surface area contributed by atoms with Crippen molar-refractivity contribution < 1.29 is 66.3 Å². The fourth-order valence-corrected chi connectivity index (χ4v) is 14.6. The monoisotopic (exact) mass is 1390 g/mol. The van der Waals surface area contributed by atoms with Crippen LogP contribution in [-0.2, 0) is 14.3 Å². The van der Waals surface area contributed by atoms with Gasteiger partial charge in [-0.1, -0.05) is 58.3 Å². The first kappa shape index (κ1) is 72.9. The largest absolute Gasteiger partial charge is 0.496 e. The first-order chi connectivity index (χ1) is 48.8. The highest BCUT2D eigenvalue weighted by molar-refractivity contribution is 6.16. The lowest BCUT2D eigenvalue weighted by atomic mass is 9.94. The van der Waals surface area contributed by atoms with Gasteiger partial charge in [-0.2, -0.15) is 0 Å². The maximum atomic E-state index is 14.0. The third-order valence-corrected chi connectivity index (χ3v) is 19.1. The molecule has 26 heteroatoms. The smallest absolute Gasteiger partial charge is 0.298 e. The topological polar surface area (TPSA) is 282 Å². The van der Waals surface area contributed by atoms with Crippen LogP contribution in [-0.4, -0.2) is 200 Å². The maximum absolute atomic E-state index is 14.0. The number of benzene rings is 4. The van der Waals surface area contributed by atoms with Gasteiger partial charge in [0.15, 0.2) is 23.0 Å². The van der Waals surface area contributed by atoms with Crippen molar-refractivity contribution in [2.45, 2.75) is 127 Å². The van der Waals surface area contributed by atoms with Crippen LogP contribution in [0.2, 0.25) is 0 Å². The summed E-state index contributed by atoms with van der Waals surface area (Å²) >= 11 is 0. The van der Waals surface area contributed by atoms with E-state index < -0.39 is 0 Å². The number of methoxy groups -OCH3 is 2. The van der Waals surface area contributed by atoms with E-state index in [0.717, 1.165) is 130 Å². The SMILES string of the molecule is C.C.C1CCC(N2CCOCC2)CC1.CC.COc1cc2c(cc1-c1c(C)noc1C)[nH]c1nc(C)nc(-c3ccc(C(=O)N4CCC(N5CCOCC5)CC4)c4c3OCCO4)c12.COc1cc2c(cc1-c1c(C)noc1C)[nH]c1nc(C)nc(-c3ccc(OC=O)c4c3OCCO4)c12.[3H][B]O. The van der Waals surface area contributed by atoms with Gasteiger partial charge in [-0.15, -0.1) is 0 Å². The number of H-pyrrole nitrogens is 2. The summed E-state index contributed by atoms with van der Waals surface area (Å²) in [6.45, 7) is 26.2. The van der Waals surface area contributed by atoms with Crippen LogP contribution in [0.5, 0.6) is 40.2 Å². The third-order valence-electron chi connectivity index (χ3n) is 19.1. The van der Waals surface area contributed by atoms with E-state index in [9.17, 15) is 9.59 Å². The van der Waals surface area contributed by atoms with Crippen LogP contribution in [0.15, 0.2) is 57.6 Å². The molecule has 25 nitrogen and oxygen atoms in total. The number of amides is 1. The Balaban J connectivity index is 0.000000179. The molecule has 5 aliphatic heterocycles. The van der Waals surface area contributed by atoms with E-state index in [4.69, 9.17) is 73.0 Å². The molecule has 1 radical (unpaired) electrons. The fraction of sp³-hybridized carbons (Fsp3) is 0.467. The number of piperidine rings is 1. The summed E-state index contributed by atoms with van der Waals surface area (Å²) < 4.78 is 68.4. The number of aryl methyl sites for hydroxylation is 6. The molecule has 11 heterocycles. The number of rotatable bonds is 11. The van der Waals surface area contributed by atoms with Gasteiger partial charge in [0.05, 0.1) is 90.9 Å². The summed E-state index contributed by atoms with van der Waals surface area (Å²) in [5, 5.41) is 18.8. The Kier molecular flexibility index (Phi) is 24.1. The van der Waals surface area contributed by atoms with Crippen molar-refractivity contribution in [3.8, 4) is 85.0 Å². The zero-order chi connectivity index (χ0) is 70.1. The standard InChI is InChI=1S/C35H38N6O6.C26H22N4O6.C10H19NO.C2H6.2CH4.BH2O/c1-19-29(20(2)47-39-19)26-17-27-25(18-28(26)43-4)30-31(36-21(3)37-34(30)38-27)23-5-6-24(33-32(23)45-15-16-46-33)35(42)41-9-7-22(8-10-41)40-11-13-44-14-12-40;1-12-21(13(2)36-30-12)17-9-18-16(10-20(17)32-4)22-23(27-14(3)28-26(22)29-18)15-5-6-19(35-11-31)25-24(15)33-7-8-34-25;1-2-4-10(5-3-1)11-6-8-12-9-7-11;1-2;;;1-2/h5-6,17-18,22H,7-16H2,1-4H3,(H,36,37,38);5-6,9-11H,7-8H2,1-4H3,(H,27,28,29);10H,1-9H2;1-2H3;2*1H4;1-2H/i;;;;;;1T. The number of carbonyl (C=O) groups excluding carboxylic acids is 2. The molecule has 1 saturated carbocycles. The van der Waals surface area contributed by atoms with E-state index in [0.29, 0.717) is 144 Å². The van der Waals surface area contributed by atoms with Crippen molar-refractivity contribution in [2.75, 3.05) is 106 Å². The van der Waals surface area contributed by atoms with Gasteiger partial charge >= 0.3 is 0 Å². The normalized spacial score (nSPS) is 16.3. The van der Waals surface area contributed by atoms with E-state index in [1.165, 1.54) is 45.2 Å². The average molecular weight is 1390 g/mol. The second kappa shape index (κ2) is 33.4. The Bertz CT molecular complexity index is 4490. The highest BCUT2D eigenvalue weighted by Gasteiger charge is 2.34. The summed E-state index contributed by atoms with van der Waals surface area (Å²) in [5.41, 5.74) is 11.5. The molecule has 0 bridgehead atoms. The van der Waals surface area contributed by atoms with Gasteiger partial charge in [0.2, 0.25) is 5.75 Å². The van der Waals surface area contributed by atoms with E-state index in [1.807, 2.05) is 103 Å². The number of carbonyl (C=O) groups is 2. The molecule has 0 atom stereocenters. The van der Waals surface area contributed by atoms with Crippen LogP contribution < -0.4 is 33.2 Å². The molecule has 10 aromatic rings. The number of ether oxygens (including phenoxy) is 9. The zero-order valence-corrected chi connectivity index (χ0v) is 58.1. The molecular formula is C75H95BN11O14. The number of aromatic nitrogens is 8. The molecule has 101 heavy (non-hydrogen) atoms. The molecule has 6 aliphatic rings. The lowest BCUT2D eigenvalue weighted by Gasteiger charge is -2.40.